The molecule has 0 radical (unpaired) electrons. The highest BCUT2D eigenvalue weighted by molar-refractivity contribution is 7.99. The van der Waals surface area contributed by atoms with Crippen LogP contribution in [-0.2, 0) is 6.42 Å². The molecule has 0 spiro atoms. The molecule has 0 fully saturated rings. The average molecular weight is 297 g/mol. The van der Waals surface area contributed by atoms with Crippen molar-refractivity contribution in [3.8, 4) is 0 Å². The zero-order chi connectivity index (χ0) is 14.7. The van der Waals surface area contributed by atoms with E-state index in [0.29, 0.717) is 12.0 Å². The van der Waals surface area contributed by atoms with Crippen LogP contribution in [0.2, 0.25) is 0 Å². The van der Waals surface area contributed by atoms with Crippen LogP contribution >= 0.6 is 11.8 Å². The summed E-state index contributed by atoms with van der Waals surface area (Å²) in [6.45, 7) is 5.43. The van der Waals surface area contributed by atoms with Crippen LogP contribution in [0.1, 0.15) is 42.5 Å². The fourth-order valence-electron chi connectivity index (χ4n) is 3.18. The molecule has 0 saturated carbocycles. The Bertz CT molecular complexity index is 608. The first-order valence-electron chi connectivity index (χ1n) is 7.87. The Morgan fingerprint density at radius 1 is 1.14 bits per heavy atom. The van der Waals surface area contributed by atoms with Crippen molar-refractivity contribution in [2.75, 3.05) is 12.3 Å². The fourth-order valence-corrected chi connectivity index (χ4v) is 4.47. The summed E-state index contributed by atoms with van der Waals surface area (Å²) >= 11 is 1.99. The summed E-state index contributed by atoms with van der Waals surface area (Å²) in [4.78, 5) is 1.46. The SMILES string of the molecule is CCNC(c1cccc(CC)c1)C1CSc2ccccc21. The van der Waals surface area contributed by atoms with Gasteiger partial charge >= 0.3 is 0 Å². The predicted molar refractivity (Wildman–Crippen MR) is 92.1 cm³/mol. The molecule has 0 amide bonds. The van der Waals surface area contributed by atoms with Crippen molar-refractivity contribution in [1.29, 1.82) is 0 Å². The molecule has 0 aliphatic carbocycles. The molecule has 110 valence electrons. The fraction of sp³-hybridized carbons (Fsp3) is 0.368. The van der Waals surface area contributed by atoms with Crippen molar-refractivity contribution < 1.29 is 0 Å². The third kappa shape index (κ3) is 3.02. The predicted octanol–water partition coefficient (Wildman–Crippen LogP) is 4.79. The van der Waals surface area contributed by atoms with Gasteiger partial charge in [-0.3, -0.25) is 0 Å². The molecule has 1 heterocycles. The maximum Gasteiger partial charge on any atom is 0.0398 e. The first kappa shape index (κ1) is 14.7. The number of likely N-dealkylation sites (N-methyl/N-ethyl adjacent to an activating group) is 1. The summed E-state index contributed by atoms with van der Waals surface area (Å²) in [5, 5.41) is 3.72. The summed E-state index contributed by atoms with van der Waals surface area (Å²) in [5.74, 6) is 1.74. The monoisotopic (exact) mass is 297 g/mol. The van der Waals surface area contributed by atoms with Crippen LogP contribution in [-0.4, -0.2) is 12.3 Å². The van der Waals surface area contributed by atoms with E-state index in [1.165, 1.54) is 27.3 Å². The van der Waals surface area contributed by atoms with Crippen molar-refractivity contribution >= 4 is 11.8 Å². The summed E-state index contributed by atoms with van der Waals surface area (Å²) < 4.78 is 0. The summed E-state index contributed by atoms with van der Waals surface area (Å²) in [6.07, 6.45) is 1.10. The van der Waals surface area contributed by atoms with Crippen LogP contribution in [0.15, 0.2) is 53.4 Å². The standard InChI is InChI=1S/C19H23NS/c1-3-14-8-7-9-15(12-14)19(20-4-2)17-13-21-18-11-6-5-10-16(17)18/h5-12,17,19-20H,3-4,13H2,1-2H3. The van der Waals surface area contributed by atoms with Crippen LogP contribution in [0.4, 0.5) is 0 Å². The quantitative estimate of drug-likeness (QED) is 0.851. The number of nitrogens with one attached hydrogen (secondary N) is 1. The first-order valence-corrected chi connectivity index (χ1v) is 8.86. The third-order valence-electron chi connectivity index (χ3n) is 4.28. The van der Waals surface area contributed by atoms with Gasteiger partial charge in [-0.1, -0.05) is 56.3 Å². The Kier molecular flexibility index (Phi) is 4.67. The molecule has 2 aromatic carbocycles. The molecule has 1 nitrogen and oxygen atoms in total. The molecule has 1 aliphatic rings. The highest BCUT2D eigenvalue weighted by Crippen LogP contribution is 2.45. The smallest absolute Gasteiger partial charge is 0.0398 e. The number of thioether (sulfide) groups is 1. The second-order valence-electron chi connectivity index (χ2n) is 5.59. The van der Waals surface area contributed by atoms with Crippen molar-refractivity contribution in [2.24, 2.45) is 0 Å². The van der Waals surface area contributed by atoms with Gasteiger partial charge in [-0.25, -0.2) is 0 Å². The Morgan fingerprint density at radius 3 is 2.81 bits per heavy atom. The number of hydrogen-bond acceptors (Lipinski definition) is 2. The lowest BCUT2D eigenvalue weighted by Crippen LogP contribution is -2.27. The van der Waals surface area contributed by atoms with E-state index in [1.54, 1.807) is 0 Å². The normalized spacial score (nSPS) is 18.5. The van der Waals surface area contributed by atoms with Gasteiger partial charge in [-0.15, -0.1) is 11.8 Å². The van der Waals surface area contributed by atoms with E-state index in [-0.39, 0.29) is 0 Å². The van der Waals surface area contributed by atoms with Crippen LogP contribution in [0.5, 0.6) is 0 Å². The third-order valence-corrected chi connectivity index (χ3v) is 5.49. The number of hydrogen-bond donors (Lipinski definition) is 1. The van der Waals surface area contributed by atoms with E-state index < -0.39 is 0 Å². The topological polar surface area (TPSA) is 12.0 Å². The molecule has 2 aromatic rings. The number of fused-ring (bicyclic) bond motifs is 1. The van der Waals surface area contributed by atoms with E-state index >= 15 is 0 Å². The number of benzene rings is 2. The minimum absolute atomic E-state index is 0.414. The zero-order valence-electron chi connectivity index (χ0n) is 12.8. The minimum Gasteiger partial charge on any atom is -0.310 e. The van der Waals surface area contributed by atoms with Gasteiger partial charge in [-0.05, 0) is 35.7 Å². The first-order chi connectivity index (χ1) is 10.3. The molecule has 0 saturated heterocycles. The van der Waals surface area contributed by atoms with Crippen molar-refractivity contribution in [3.05, 3.63) is 65.2 Å². The molecular weight excluding hydrogens is 274 g/mol. The van der Waals surface area contributed by atoms with Crippen LogP contribution < -0.4 is 5.32 Å². The molecule has 0 aromatic heterocycles. The van der Waals surface area contributed by atoms with E-state index in [0.717, 1.165) is 13.0 Å². The Morgan fingerprint density at radius 2 is 2.00 bits per heavy atom. The van der Waals surface area contributed by atoms with Crippen LogP contribution in [0, 0.1) is 0 Å². The molecule has 2 unspecified atom stereocenters. The lowest BCUT2D eigenvalue weighted by Gasteiger charge is -2.26. The molecule has 1 N–H and O–H groups in total. The second-order valence-corrected chi connectivity index (χ2v) is 6.65. The minimum atomic E-state index is 0.414. The van der Waals surface area contributed by atoms with Gasteiger partial charge in [0.2, 0.25) is 0 Å². The van der Waals surface area contributed by atoms with Gasteiger partial charge in [0, 0.05) is 22.6 Å². The second kappa shape index (κ2) is 6.67. The average Bonchev–Trinajstić information content (AvgIpc) is 2.96. The van der Waals surface area contributed by atoms with Gasteiger partial charge in [0.25, 0.3) is 0 Å². The molecule has 3 rings (SSSR count). The van der Waals surface area contributed by atoms with Gasteiger partial charge in [0.05, 0.1) is 0 Å². The Hall–Kier alpha value is -1.25. The van der Waals surface area contributed by atoms with E-state index in [9.17, 15) is 0 Å². The molecule has 2 heteroatoms. The largest absolute Gasteiger partial charge is 0.310 e. The highest BCUT2D eigenvalue weighted by Gasteiger charge is 2.30. The lowest BCUT2D eigenvalue weighted by molar-refractivity contribution is 0.485. The van der Waals surface area contributed by atoms with Gasteiger partial charge < -0.3 is 5.32 Å². The van der Waals surface area contributed by atoms with E-state index in [1.807, 2.05) is 11.8 Å². The van der Waals surface area contributed by atoms with Crippen molar-refractivity contribution in [1.82, 2.24) is 5.32 Å². The summed E-state index contributed by atoms with van der Waals surface area (Å²) in [5.41, 5.74) is 4.36. The maximum absolute atomic E-state index is 3.72. The van der Waals surface area contributed by atoms with Gasteiger partial charge in [0.1, 0.15) is 0 Å². The van der Waals surface area contributed by atoms with E-state index in [2.05, 4.69) is 67.7 Å². The molecular formula is C19H23NS. The maximum atomic E-state index is 3.72. The van der Waals surface area contributed by atoms with Crippen LogP contribution in [0.25, 0.3) is 0 Å². The molecule has 0 bridgehead atoms. The summed E-state index contributed by atoms with van der Waals surface area (Å²) in [6, 6.07) is 18.4. The van der Waals surface area contributed by atoms with Crippen molar-refractivity contribution in [2.45, 2.75) is 37.1 Å². The van der Waals surface area contributed by atoms with Crippen LogP contribution in [0.3, 0.4) is 0 Å². The molecule has 21 heavy (non-hydrogen) atoms. The summed E-state index contributed by atoms with van der Waals surface area (Å²) in [7, 11) is 0. The zero-order valence-corrected chi connectivity index (χ0v) is 13.6. The highest BCUT2D eigenvalue weighted by atomic mass is 32.2. The van der Waals surface area contributed by atoms with E-state index in [4.69, 9.17) is 0 Å². The molecule has 1 aliphatic heterocycles. The molecule has 2 atom stereocenters. The van der Waals surface area contributed by atoms with Gasteiger partial charge in [0.15, 0.2) is 0 Å². The Labute approximate surface area is 132 Å². The number of aryl methyl sites for hydroxylation is 1. The number of rotatable bonds is 5. The Balaban J connectivity index is 1.95. The van der Waals surface area contributed by atoms with Crippen molar-refractivity contribution in [3.63, 3.8) is 0 Å². The lowest BCUT2D eigenvalue weighted by atomic mass is 9.87. The van der Waals surface area contributed by atoms with Gasteiger partial charge in [-0.2, -0.15) is 0 Å².